The highest BCUT2D eigenvalue weighted by molar-refractivity contribution is 7.78. The van der Waals surface area contributed by atoms with Gasteiger partial charge in [-0.2, -0.15) is 0 Å². The number of carbonyl (C=O) groups is 1. The number of aliphatic carboxylic acids is 1. The van der Waals surface area contributed by atoms with E-state index in [1.165, 1.54) is 12.1 Å². The van der Waals surface area contributed by atoms with Crippen molar-refractivity contribution >= 4 is 29.3 Å². The number of hydrogen-bond acceptors (Lipinski definition) is 5. The molecule has 23 heavy (non-hydrogen) atoms. The normalized spacial score (nSPS) is 10.9. The molecule has 0 saturated carbocycles. The number of carboxylic acids is 1. The van der Waals surface area contributed by atoms with Crippen LogP contribution in [0.2, 0.25) is 0 Å². The van der Waals surface area contributed by atoms with Gasteiger partial charge in [-0.1, -0.05) is 30.3 Å². The molecule has 0 saturated heterocycles. The van der Waals surface area contributed by atoms with Crippen molar-refractivity contribution in [3.05, 3.63) is 65.9 Å². The Hall–Kier alpha value is -2.86. The van der Waals surface area contributed by atoms with Gasteiger partial charge in [-0.15, -0.1) is 0 Å². The van der Waals surface area contributed by atoms with Crippen molar-refractivity contribution in [2.24, 2.45) is 0 Å². The summed E-state index contributed by atoms with van der Waals surface area (Å²) >= 11 is 4.53. The Kier molecular flexibility index (Phi) is 5.71. The molecular weight excluding hydrogens is 316 g/mol. The van der Waals surface area contributed by atoms with E-state index in [4.69, 9.17) is 9.47 Å². The Balaban J connectivity index is 2.26. The van der Waals surface area contributed by atoms with Crippen LogP contribution in [0.5, 0.6) is 11.5 Å². The van der Waals surface area contributed by atoms with Gasteiger partial charge in [-0.25, -0.2) is 4.79 Å². The second-order valence-electron chi connectivity index (χ2n) is 4.51. The molecule has 5 nitrogen and oxygen atoms in total. The first-order valence-corrected chi connectivity index (χ1v) is 7.11. The molecule has 0 aromatic heterocycles. The van der Waals surface area contributed by atoms with Crippen molar-refractivity contribution in [2.75, 3.05) is 0 Å². The lowest BCUT2D eigenvalue weighted by Crippen LogP contribution is -2.06. The second kappa shape index (κ2) is 7.95. The van der Waals surface area contributed by atoms with Crippen LogP contribution < -0.4 is 4.74 Å². The van der Waals surface area contributed by atoms with Crippen LogP contribution in [0, 0.1) is 0 Å². The quantitative estimate of drug-likeness (QED) is 0.460. The summed E-state index contributed by atoms with van der Waals surface area (Å²) in [6, 6.07) is 13.3. The Morgan fingerprint density at radius 3 is 2.65 bits per heavy atom. The highest BCUT2D eigenvalue weighted by atomic mass is 32.1. The van der Waals surface area contributed by atoms with Crippen LogP contribution in [0.4, 0.5) is 0 Å². The van der Waals surface area contributed by atoms with Crippen LogP contribution in [-0.2, 0) is 16.1 Å². The lowest BCUT2D eigenvalue weighted by atomic mass is 10.0. The summed E-state index contributed by atoms with van der Waals surface area (Å²) < 4.78 is 10.4. The first kappa shape index (κ1) is 16.5. The predicted octanol–water partition coefficient (Wildman–Crippen LogP) is 3.37. The van der Waals surface area contributed by atoms with E-state index in [2.05, 4.69) is 12.2 Å². The molecule has 2 rings (SSSR count). The number of aromatic hydroxyl groups is 1. The number of ether oxygens (including phenoxy) is 2. The van der Waals surface area contributed by atoms with E-state index in [0.29, 0.717) is 16.9 Å². The van der Waals surface area contributed by atoms with E-state index in [1.54, 1.807) is 36.4 Å². The van der Waals surface area contributed by atoms with E-state index in [0.717, 1.165) is 11.8 Å². The molecule has 0 fully saturated rings. The van der Waals surface area contributed by atoms with E-state index >= 15 is 0 Å². The molecule has 2 aromatic carbocycles. The lowest BCUT2D eigenvalue weighted by Gasteiger charge is -2.11. The third-order valence-corrected chi connectivity index (χ3v) is 3.10. The predicted molar refractivity (Wildman–Crippen MR) is 89.2 cm³/mol. The van der Waals surface area contributed by atoms with Gasteiger partial charge in [0.05, 0.1) is 0 Å². The van der Waals surface area contributed by atoms with Gasteiger partial charge in [0.1, 0.15) is 29.9 Å². The average Bonchev–Trinajstić information content (AvgIpc) is 2.54. The highest BCUT2D eigenvalue weighted by Crippen LogP contribution is 2.23. The SMILES string of the molecule is O=C(O)/C(=C/OC=S)c1ccccc1COc1cccc(O)c1. The van der Waals surface area contributed by atoms with Gasteiger partial charge in [0.2, 0.25) is 0 Å². The number of hydrogen-bond donors (Lipinski definition) is 2. The maximum absolute atomic E-state index is 11.4. The van der Waals surface area contributed by atoms with Crippen molar-refractivity contribution in [3.8, 4) is 11.5 Å². The minimum Gasteiger partial charge on any atom is -0.508 e. The maximum atomic E-state index is 11.4. The summed E-state index contributed by atoms with van der Waals surface area (Å²) in [7, 11) is 0. The van der Waals surface area contributed by atoms with Crippen LogP contribution >= 0.6 is 12.2 Å². The summed E-state index contributed by atoms with van der Waals surface area (Å²) in [5.41, 5.74) is 2.09. The average molecular weight is 330 g/mol. The summed E-state index contributed by atoms with van der Waals surface area (Å²) in [6.07, 6.45) is 1.09. The molecule has 0 heterocycles. The van der Waals surface area contributed by atoms with Gasteiger partial charge in [0, 0.05) is 6.07 Å². The van der Waals surface area contributed by atoms with Crippen LogP contribution in [0.15, 0.2) is 54.8 Å². The Morgan fingerprint density at radius 2 is 1.96 bits per heavy atom. The number of carboxylic acid groups (broad SMARTS) is 1. The topological polar surface area (TPSA) is 76.0 Å². The first-order valence-electron chi connectivity index (χ1n) is 6.64. The highest BCUT2D eigenvalue weighted by Gasteiger charge is 2.15. The van der Waals surface area contributed by atoms with Gasteiger partial charge in [0.15, 0.2) is 5.55 Å². The summed E-state index contributed by atoms with van der Waals surface area (Å²) in [6.45, 7) is 0.141. The minimum absolute atomic E-state index is 0.0267. The number of benzene rings is 2. The Bertz CT molecular complexity index is 739. The van der Waals surface area contributed by atoms with Crippen LogP contribution in [-0.4, -0.2) is 21.7 Å². The van der Waals surface area contributed by atoms with Gasteiger partial charge < -0.3 is 19.7 Å². The van der Waals surface area contributed by atoms with Gasteiger partial charge in [-0.3, -0.25) is 0 Å². The zero-order valence-corrected chi connectivity index (χ0v) is 12.8. The molecule has 0 aliphatic rings. The van der Waals surface area contributed by atoms with E-state index in [-0.39, 0.29) is 17.9 Å². The monoisotopic (exact) mass is 330 g/mol. The minimum atomic E-state index is -1.13. The second-order valence-corrected chi connectivity index (χ2v) is 4.70. The molecule has 6 heteroatoms. The van der Waals surface area contributed by atoms with Gasteiger partial charge >= 0.3 is 5.97 Å². The number of rotatable bonds is 7. The van der Waals surface area contributed by atoms with Crippen molar-refractivity contribution in [3.63, 3.8) is 0 Å². The van der Waals surface area contributed by atoms with Gasteiger partial charge in [0.25, 0.3) is 0 Å². The number of thiocarbonyl (C=S) groups is 1. The standard InChI is InChI=1S/C17H14O5S/c18-13-5-3-6-14(8-13)22-9-12-4-1-2-7-15(12)16(17(19)20)10-21-11-23/h1-8,10-11,18H,9H2,(H,19,20)/b16-10+. The zero-order valence-electron chi connectivity index (χ0n) is 12.0. The third kappa shape index (κ3) is 4.55. The van der Waals surface area contributed by atoms with Crippen LogP contribution in [0.1, 0.15) is 11.1 Å². The number of phenolic OH excluding ortho intramolecular Hbond substituents is 1. The fourth-order valence-electron chi connectivity index (χ4n) is 1.97. The summed E-state index contributed by atoms with van der Waals surface area (Å²) in [4.78, 5) is 11.4. The van der Waals surface area contributed by atoms with Crippen LogP contribution in [0.3, 0.4) is 0 Å². The molecule has 0 unspecified atom stereocenters. The Morgan fingerprint density at radius 1 is 1.17 bits per heavy atom. The smallest absolute Gasteiger partial charge is 0.339 e. The van der Waals surface area contributed by atoms with E-state index in [1.807, 2.05) is 0 Å². The summed E-state index contributed by atoms with van der Waals surface area (Å²) in [5.74, 6) is -0.557. The van der Waals surface area contributed by atoms with E-state index in [9.17, 15) is 15.0 Å². The lowest BCUT2D eigenvalue weighted by molar-refractivity contribution is -0.130. The molecule has 2 N–H and O–H groups in total. The fourth-order valence-corrected chi connectivity index (χ4v) is 2.02. The van der Waals surface area contributed by atoms with Crippen molar-refractivity contribution in [2.45, 2.75) is 6.61 Å². The molecule has 0 aliphatic heterocycles. The van der Waals surface area contributed by atoms with Crippen molar-refractivity contribution < 1.29 is 24.5 Å². The molecule has 0 radical (unpaired) electrons. The van der Waals surface area contributed by atoms with Crippen molar-refractivity contribution in [1.82, 2.24) is 0 Å². The molecule has 2 aromatic rings. The number of phenols is 1. The molecular formula is C17H14O5S. The zero-order chi connectivity index (χ0) is 16.7. The van der Waals surface area contributed by atoms with Crippen LogP contribution in [0.25, 0.3) is 5.57 Å². The van der Waals surface area contributed by atoms with E-state index < -0.39 is 5.97 Å². The molecule has 0 spiro atoms. The van der Waals surface area contributed by atoms with Crippen molar-refractivity contribution in [1.29, 1.82) is 0 Å². The summed E-state index contributed by atoms with van der Waals surface area (Å²) in [5, 5.41) is 18.8. The Labute approximate surface area is 138 Å². The molecule has 0 bridgehead atoms. The molecule has 0 atom stereocenters. The fraction of sp³-hybridized carbons (Fsp3) is 0.0588. The molecule has 118 valence electrons. The largest absolute Gasteiger partial charge is 0.508 e. The van der Waals surface area contributed by atoms with Gasteiger partial charge in [-0.05, 0) is 35.5 Å². The maximum Gasteiger partial charge on any atom is 0.339 e. The first-order chi connectivity index (χ1) is 11.1. The third-order valence-electron chi connectivity index (χ3n) is 2.99. The molecule has 0 amide bonds. The molecule has 0 aliphatic carbocycles.